The Balaban J connectivity index is 1.02. The van der Waals surface area contributed by atoms with Gasteiger partial charge in [-0.3, -0.25) is 0 Å². The summed E-state index contributed by atoms with van der Waals surface area (Å²) in [6.07, 6.45) is 0. The van der Waals surface area contributed by atoms with Gasteiger partial charge in [-0.05, 0) is 87.6 Å². The molecule has 0 bridgehead atoms. The van der Waals surface area contributed by atoms with E-state index in [-0.39, 0.29) is 0 Å². The Kier molecular flexibility index (Phi) is 9.37. The van der Waals surface area contributed by atoms with Gasteiger partial charge in [-0.25, -0.2) is 15.0 Å². The molecule has 0 amide bonds. The molecule has 0 saturated carbocycles. The van der Waals surface area contributed by atoms with Crippen molar-refractivity contribution in [1.82, 2.24) is 24.1 Å². The van der Waals surface area contributed by atoms with Gasteiger partial charge in [-0.2, -0.15) is 0 Å². The topological polar surface area (TPSA) is 48.5 Å². The number of hydrogen-bond donors (Lipinski definition) is 0. The zero-order valence-corrected chi connectivity index (χ0v) is 40.1. The molecule has 0 aliphatic heterocycles. The van der Waals surface area contributed by atoms with E-state index in [0.29, 0.717) is 17.5 Å². The second kappa shape index (κ2) is 16.6. The molecule has 11 aromatic carbocycles. The Morgan fingerprint density at radius 2 is 0.795 bits per heavy atom. The van der Waals surface area contributed by atoms with Crippen LogP contribution in [0.3, 0.4) is 0 Å². The molecule has 5 nitrogen and oxygen atoms in total. The third-order valence-electron chi connectivity index (χ3n) is 14.5. The van der Waals surface area contributed by atoms with Gasteiger partial charge in [0.2, 0.25) is 0 Å². The van der Waals surface area contributed by atoms with E-state index < -0.39 is 0 Å². The Hall–Kier alpha value is -9.49. The number of rotatable bonds is 7. The summed E-state index contributed by atoms with van der Waals surface area (Å²) in [4.78, 5) is 15.7. The van der Waals surface area contributed by atoms with Crippen molar-refractivity contribution in [3.63, 3.8) is 0 Å². The summed E-state index contributed by atoms with van der Waals surface area (Å²) < 4.78 is 7.29. The van der Waals surface area contributed by atoms with Crippen LogP contribution in [0.4, 0.5) is 0 Å². The summed E-state index contributed by atoms with van der Waals surface area (Å²) in [5, 5.41) is 9.59. The van der Waals surface area contributed by atoms with Crippen molar-refractivity contribution in [2.24, 2.45) is 0 Å². The summed E-state index contributed by atoms with van der Waals surface area (Å²) in [7, 11) is 0. The first-order chi connectivity index (χ1) is 36.2. The highest BCUT2D eigenvalue weighted by molar-refractivity contribution is 7.26. The fraction of sp³-hybridized carbons (Fsp3) is 0. The number of hydrogen-bond acceptors (Lipinski definition) is 4. The van der Waals surface area contributed by atoms with Gasteiger partial charge in [0.15, 0.2) is 17.5 Å². The molecule has 0 aliphatic rings. The van der Waals surface area contributed by atoms with Gasteiger partial charge in [0.1, 0.15) is 0 Å². The van der Waals surface area contributed by atoms with Crippen molar-refractivity contribution >= 4 is 85.9 Å². The predicted molar refractivity (Wildman–Crippen MR) is 306 cm³/mol. The van der Waals surface area contributed by atoms with Crippen LogP contribution >= 0.6 is 11.3 Å². The average molecular weight is 948 g/mol. The largest absolute Gasteiger partial charge is 0.309 e. The number of nitrogens with zero attached hydrogens (tertiary/aromatic N) is 5. The summed E-state index contributed by atoms with van der Waals surface area (Å²) in [6, 6.07) is 89.6. The fourth-order valence-electron chi connectivity index (χ4n) is 11.1. The van der Waals surface area contributed by atoms with Crippen LogP contribution in [0.2, 0.25) is 0 Å². The maximum atomic E-state index is 5.32. The van der Waals surface area contributed by atoms with E-state index in [1.54, 1.807) is 11.3 Å². The molecule has 0 unspecified atom stereocenters. The van der Waals surface area contributed by atoms with Gasteiger partial charge in [-0.15, -0.1) is 11.3 Å². The molecule has 4 aromatic heterocycles. The maximum absolute atomic E-state index is 5.32. The third-order valence-corrected chi connectivity index (χ3v) is 15.8. The summed E-state index contributed by atoms with van der Waals surface area (Å²) in [5.74, 6) is 1.91. The average Bonchev–Trinajstić information content (AvgIpc) is 4.13. The molecule has 0 radical (unpaired) electrons. The van der Waals surface area contributed by atoms with Gasteiger partial charge >= 0.3 is 0 Å². The van der Waals surface area contributed by atoms with E-state index in [1.807, 2.05) is 36.4 Å². The number of fused-ring (bicyclic) bond motifs is 11. The van der Waals surface area contributed by atoms with Crippen molar-refractivity contribution < 1.29 is 0 Å². The SMILES string of the molecule is c1ccc(-c2ccc3c4ccc(-c5ccccc5)cc4n(-c4ccc5c(c4)c4c6ccccc6ccc4n5-c4cc(-c5nc(-c6ccccc6)nc(-c6ccccc6)n5)c5sc6ccccc6c5c4)c3c2)cc1. The molecule has 0 aliphatic carbocycles. The van der Waals surface area contributed by atoms with Crippen LogP contribution in [0.5, 0.6) is 0 Å². The minimum atomic E-state index is 0.635. The summed E-state index contributed by atoms with van der Waals surface area (Å²) in [5.41, 5.74) is 14.3. The quantitative estimate of drug-likeness (QED) is 0.160. The Bertz CT molecular complexity index is 4500. The highest BCUT2D eigenvalue weighted by atomic mass is 32.1. The predicted octanol–water partition coefficient (Wildman–Crippen LogP) is 17.9. The first-order valence-electron chi connectivity index (χ1n) is 24.7. The number of benzene rings is 11. The van der Waals surface area contributed by atoms with Crippen LogP contribution in [-0.2, 0) is 0 Å². The molecular formula is C67H41N5S. The van der Waals surface area contributed by atoms with Crippen LogP contribution in [0.1, 0.15) is 0 Å². The van der Waals surface area contributed by atoms with Gasteiger partial charge in [0.05, 0.1) is 22.1 Å². The number of aromatic nitrogens is 5. The second-order valence-corrected chi connectivity index (χ2v) is 19.8. The molecular weight excluding hydrogens is 907 g/mol. The zero-order valence-electron chi connectivity index (χ0n) is 39.3. The van der Waals surface area contributed by atoms with E-state index in [9.17, 15) is 0 Å². The summed E-state index contributed by atoms with van der Waals surface area (Å²) >= 11 is 1.79. The molecule has 6 heteroatoms. The third kappa shape index (κ3) is 6.72. The van der Waals surface area contributed by atoms with Crippen molar-refractivity contribution in [2.75, 3.05) is 0 Å². The highest BCUT2D eigenvalue weighted by Crippen LogP contribution is 2.45. The Morgan fingerprint density at radius 3 is 1.42 bits per heavy atom. The summed E-state index contributed by atoms with van der Waals surface area (Å²) in [6.45, 7) is 0. The van der Waals surface area contributed by atoms with Gasteiger partial charge in [-0.1, -0.05) is 194 Å². The smallest absolute Gasteiger partial charge is 0.165 e. The second-order valence-electron chi connectivity index (χ2n) is 18.8. The standard InChI is InChI=1S/C67H41N5S/c1-5-17-42(18-6-1)47-29-33-52-53-34-30-48(43-19-7-2-8-20-43)38-61(53)71(60(52)37-47)49-32-36-58-56(39-49)63-51-26-14-13-21-44(51)31-35-59(63)72(58)50-40-55-54-27-15-16-28-62(54)73-64(55)57(41-50)67-69-65(45-22-9-3-10-23-45)68-66(70-67)46-24-11-4-12-25-46/h1-41H. The van der Waals surface area contributed by atoms with Crippen LogP contribution in [0.15, 0.2) is 249 Å². The molecule has 340 valence electrons. The van der Waals surface area contributed by atoms with E-state index in [1.165, 1.54) is 64.7 Å². The Morgan fingerprint density at radius 1 is 0.288 bits per heavy atom. The fourth-order valence-corrected chi connectivity index (χ4v) is 12.3. The van der Waals surface area contributed by atoms with Crippen molar-refractivity contribution in [1.29, 1.82) is 0 Å². The lowest BCUT2D eigenvalue weighted by Gasteiger charge is -2.14. The molecule has 0 spiro atoms. The van der Waals surface area contributed by atoms with Crippen LogP contribution in [-0.4, -0.2) is 24.1 Å². The first-order valence-corrected chi connectivity index (χ1v) is 25.5. The molecule has 15 rings (SSSR count). The lowest BCUT2D eigenvalue weighted by Crippen LogP contribution is -2.01. The highest BCUT2D eigenvalue weighted by Gasteiger charge is 2.23. The van der Waals surface area contributed by atoms with Crippen molar-refractivity contribution in [3.8, 4) is 67.8 Å². The lowest BCUT2D eigenvalue weighted by molar-refractivity contribution is 1.07. The minimum absolute atomic E-state index is 0.635. The van der Waals surface area contributed by atoms with E-state index in [4.69, 9.17) is 15.0 Å². The molecule has 0 N–H and O–H groups in total. The molecule has 0 saturated heterocycles. The van der Waals surface area contributed by atoms with E-state index in [0.717, 1.165) is 60.2 Å². The van der Waals surface area contributed by atoms with Crippen LogP contribution < -0.4 is 0 Å². The maximum Gasteiger partial charge on any atom is 0.165 e. The van der Waals surface area contributed by atoms with E-state index in [2.05, 4.69) is 221 Å². The number of thiophene rings is 1. The van der Waals surface area contributed by atoms with Crippen LogP contribution in [0, 0.1) is 0 Å². The van der Waals surface area contributed by atoms with E-state index >= 15 is 0 Å². The monoisotopic (exact) mass is 947 g/mol. The minimum Gasteiger partial charge on any atom is -0.309 e. The zero-order chi connectivity index (χ0) is 48.0. The van der Waals surface area contributed by atoms with Gasteiger partial charge in [0.25, 0.3) is 0 Å². The molecule has 0 fully saturated rings. The first kappa shape index (κ1) is 41.3. The van der Waals surface area contributed by atoms with Crippen LogP contribution in [0.25, 0.3) is 142 Å². The van der Waals surface area contributed by atoms with Crippen molar-refractivity contribution in [2.45, 2.75) is 0 Å². The molecule has 4 heterocycles. The molecule has 0 atom stereocenters. The molecule has 73 heavy (non-hydrogen) atoms. The molecule has 15 aromatic rings. The van der Waals surface area contributed by atoms with Gasteiger partial charge in [0, 0.05) is 69.8 Å². The van der Waals surface area contributed by atoms with Gasteiger partial charge < -0.3 is 9.13 Å². The lowest BCUT2D eigenvalue weighted by atomic mass is 10.0. The normalized spacial score (nSPS) is 11.8. The Labute approximate surface area is 424 Å². The van der Waals surface area contributed by atoms with Crippen molar-refractivity contribution in [3.05, 3.63) is 249 Å².